The van der Waals surface area contributed by atoms with Crippen LogP contribution in [0, 0.1) is 0 Å². The van der Waals surface area contributed by atoms with Gasteiger partial charge in [-0.2, -0.15) is 0 Å². The first-order valence-corrected chi connectivity index (χ1v) is 7.47. The first kappa shape index (κ1) is 15.4. The highest BCUT2D eigenvalue weighted by molar-refractivity contribution is 5.45. The zero-order chi connectivity index (χ0) is 14.9. The third-order valence-electron chi connectivity index (χ3n) is 3.25. The first-order valence-electron chi connectivity index (χ1n) is 7.47. The molecule has 0 fully saturated rings. The van der Waals surface area contributed by atoms with Gasteiger partial charge < -0.3 is 15.2 Å². The van der Waals surface area contributed by atoms with E-state index in [9.17, 15) is 0 Å². The summed E-state index contributed by atoms with van der Waals surface area (Å²) in [6, 6.07) is 16.4. The van der Waals surface area contributed by atoms with Crippen molar-refractivity contribution < 1.29 is 9.84 Å². The molecule has 0 saturated heterocycles. The van der Waals surface area contributed by atoms with Crippen molar-refractivity contribution in [2.45, 2.75) is 26.3 Å². The maximum absolute atomic E-state index is 8.89. The maximum atomic E-state index is 8.89. The van der Waals surface area contributed by atoms with Gasteiger partial charge in [0.25, 0.3) is 0 Å². The van der Waals surface area contributed by atoms with Crippen molar-refractivity contribution >= 4 is 5.69 Å². The van der Waals surface area contributed by atoms with Crippen LogP contribution in [0.5, 0.6) is 5.75 Å². The monoisotopic (exact) mass is 285 g/mol. The minimum Gasteiger partial charge on any atom is -0.494 e. The van der Waals surface area contributed by atoms with Crippen molar-refractivity contribution in [3.05, 3.63) is 59.7 Å². The molecule has 0 saturated carbocycles. The topological polar surface area (TPSA) is 41.5 Å². The van der Waals surface area contributed by atoms with E-state index < -0.39 is 0 Å². The molecule has 0 unspecified atom stereocenters. The van der Waals surface area contributed by atoms with Gasteiger partial charge in [-0.15, -0.1) is 0 Å². The molecule has 0 heterocycles. The van der Waals surface area contributed by atoms with E-state index in [2.05, 4.69) is 24.4 Å². The van der Waals surface area contributed by atoms with Gasteiger partial charge in [-0.3, -0.25) is 0 Å². The fourth-order valence-electron chi connectivity index (χ4n) is 2.05. The second-order valence-electron chi connectivity index (χ2n) is 5.02. The first-order chi connectivity index (χ1) is 10.3. The van der Waals surface area contributed by atoms with E-state index >= 15 is 0 Å². The van der Waals surface area contributed by atoms with E-state index in [-0.39, 0.29) is 6.61 Å². The zero-order valence-electron chi connectivity index (χ0n) is 12.5. The molecule has 0 aliphatic heterocycles. The molecule has 0 amide bonds. The number of nitrogens with one attached hydrogen (secondary N) is 1. The molecule has 0 spiro atoms. The third-order valence-corrected chi connectivity index (χ3v) is 3.25. The Morgan fingerprint density at radius 1 is 0.952 bits per heavy atom. The predicted octanol–water partition coefficient (Wildman–Crippen LogP) is 3.62. The van der Waals surface area contributed by atoms with Crippen molar-refractivity contribution in [3.8, 4) is 5.75 Å². The summed E-state index contributed by atoms with van der Waals surface area (Å²) in [5, 5.41) is 12.3. The molecule has 2 N–H and O–H groups in total. The smallest absolute Gasteiger partial charge is 0.119 e. The van der Waals surface area contributed by atoms with Gasteiger partial charge in [0.2, 0.25) is 0 Å². The fourth-order valence-corrected chi connectivity index (χ4v) is 2.05. The molecular formula is C18H23NO2. The summed E-state index contributed by atoms with van der Waals surface area (Å²) in [6.07, 6.45) is 1.73. The Kier molecular flexibility index (Phi) is 6.10. The fraction of sp³-hybridized carbons (Fsp3) is 0.333. The summed E-state index contributed by atoms with van der Waals surface area (Å²) >= 11 is 0. The molecule has 21 heavy (non-hydrogen) atoms. The molecule has 112 valence electrons. The Morgan fingerprint density at radius 2 is 1.62 bits per heavy atom. The van der Waals surface area contributed by atoms with Crippen LogP contribution < -0.4 is 10.1 Å². The van der Waals surface area contributed by atoms with Crippen LogP contribution in [0.1, 0.15) is 24.5 Å². The van der Waals surface area contributed by atoms with E-state index in [0.29, 0.717) is 6.42 Å². The van der Waals surface area contributed by atoms with Crippen LogP contribution in [0.2, 0.25) is 0 Å². The molecule has 2 aromatic carbocycles. The van der Waals surface area contributed by atoms with Gasteiger partial charge in [-0.1, -0.05) is 31.2 Å². The largest absolute Gasteiger partial charge is 0.494 e. The SMILES string of the molecule is CCCOc1ccc(CNc2ccc(CCO)cc2)cc1. The molecule has 3 nitrogen and oxygen atoms in total. The molecule has 0 aliphatic rings. The number of hydrogen-bond donors (Lipinski definition) is 2. The molecule has 0 aliphatic carbocycles. The Balaban J connectivity index is 1.84. The van der Waals surface area contributed by atoms with Crippen LogP contribution >= 0.6 is 0 Å². The maximum Gasteiger partial charge on any atom is 0.119 e. The van der Waals surface area contributed by atoms with E-state index in [4.69, 9.17) is 9.84 Å². The predicted molar refractivity (Wildman–Crippen MR) is 86.8 cm³/mol. The molecular weight excluding hydrogens is 262 g/mol. The minimum atomic E-state index is 0.194. The van der Waals surface area contributed by atoms with Crippen LogP contribution in [0.15, 0.2) is 48.5 Å². The standard InChI is InChI=1S/C18H23NO2/c1-2-13-21-18-9-5-16(6-10-18)14-19-17-7-3-15(4-8-17)11-12-20/h3-10,19-20H,2,11-14H2,1H3. The second-order valence-corrected chi connectivity index (χ2v) is 5.02. The molecule has 3 heteroatoms. The van der Waals surface area contributed by atoms with Crippen molar-refractivity contribution in [2.75, 3.05) is 18.5 Å². The van der Waals surface area contributed by atoms with Crippen LogP contribution in [-0.2, 0) is 13.0 Å². The number of rotatable bonds is 8. The lowest BCUT2D eigenvalue weighted by Gasteiger charge is -2.09. The highest BCUT2D eigenvalue weighted by Gasteiger charge is 1.97. The second kappa shape index (κ2) is 8.32. The van der Waals surface area contributed by atoms with Crippen LogP contribution in [0.3, 0.4) is 0 Å². The highest BCUT2D eigenvalue weighted by atomic mass is 16.5. The Morgan fingerprint density at radius 3 is 2.24 bits per heavy atom. The summed E-state index contributed by atoms with van der Waals surface area (Å²) in [4.78, 5) is 0. The van der Waals surface area contributed by atoms with Crippen LogP contribution in [0.4, 0.5) is 5.69 Å². The zero-order valence-corrected chi connectivity index (χ0v) is 12.5. The molecule has 2 aromatic rings. The average Bonchev–Trinajstić information content (AvgIpc) is 2.53. The van der Waals surface area contributed by atoms with Gasteiger partial charge in [0.1, 0.15) is 5.75 Å². The molecule has 0 atom stereocenters. The number of ether oxygens (including phenoxy) is 1. The highest BCUT2D eigenvalue weighted by Crippen LogP contribution is 2.15. The van der Waals surface area contributed by atoms with Gasteiger partial charge >= 0.3 is 0 Å². The van der Waals surface area contributed by atoms with E-state index in [1.807, 2.05) is 36.4 Å². The Labute approximate surface area is 126 Å². The Bertz CT molecular complexity index is 520. The summed E-state index contributed by atoms with van der Waals surface area (Å²) in [5.74, 6) is 0.925. The molecule has 0 radical (unpaired) electrons. The van der Waals surface area contributed by atoms with Gasteiger partial charge in [-0.25, -0.2) is 0 Å². The van der Waals surface area contributed by atoms with Gasteiger partial charge in [-0.05, 0) is 48.2 Å². The van der Waals surface area contributed by atoms with Gasteiger partial charge in [0.15, 0.2) is 0 Å². The van der Waals surface area contributed by atoms with Gasteiger partial charge in [0.05, 0.1) is 6.61 Å². The van der Waals surface area contributed by atoms with Crippen LogP contribution in [-0.4, -0.2) is 18.3 Å². The lowest BCUT2D eigenvalue weighted by atomic mass is 10.1. The molecule has 2 rings (SSSR count). The molecule has 0 aromatic heterocycles. The molecule has 0 bridgehead atoms. The lowest BCUT2D eigenvalue weighted by Crippen LogP contribution is -2.00. The summed E-state index contributed by atoms with van der Waals surface area (Å²) in [6.45, 7) is 3.84. The number of aliphatic hydroxyl groups is 1. The van der Waals surface area contributed by atoms with Crippen molar-refractivity contribution in [1.82, 2.24) is 0 Å². The van der Waals surface area contributed by atoms with E-state index in [1.54, 1.807) is 0 Å². The number of aliphatic hydroxyl groups excluding tert-OH is 1. The van der Waals surface area contributed by atoms with Crippen molar-refractivity contribution in [1.29, 1.82) is 0 Å². The minimum absolute atomic E-state index is 0.194. The van der Waals surface area contributed by atoms with Crippen molar-refractivity contribution in [3.63, 3.8) is 0 Å². The summed E-state index contributed by atoms with van der Waals surface area (Å²) in [7, 11) is 0. The normalized spacial score (nSPS) is 10.4. The van der Waals surface area contributed by atoms with Crippen LogP contribution in [0.25, 0.3) is 0 Å². The van der Waals surface area contributed by atoms with E-state index in [1.165, 1.54) is 5.56 Å². The number of anilines is 1. The number of benzene rings is 2. The lowest BCUT2D eigenvalue weighted by molar-refractivity contribution is 0.299. The third kappa shape index (κ3) is 5.12. The number of hydrogen-bond acceptors (Lipinski definition) is 3. The quantitative estimate of drug-likeness (QED) is 0.778. The summed E-state index contributed by atoms with van der Waals surface area (Å²) < 4.78 is 5.57. The van der Waals surface area contributed by atoms with Crippen molar-refractivity contribution in [2.24, 2.45) is 0 Å². The van der Waals surface area contributed by atoms with Gasteiger partial charge in [0, 0.05) is 18.8 Å². The summed E-state index contributed by atoms with van der Waals surface area (Å²) in [5.41, 5.74) is 3.46. The average molecular weight is 285 g/mol. The Hall–Kier alpha value is -2.00. The van der Waals surface area contributed by atoms with E-state index in [0.717, 1.165) is 36.6 Å².